The van der Waals surface area contributed by atoms with Crippen molar-refractivity contribution in [1.82, 2.24) is 5.32 Å². The van der Waals surface area contributed by atoms with Crippen molar-refractivity contribution in [3.8, 4) is 0 Å². The van der Waals surface area contributed by atoms with Crippen LogP contribution in [0.15, 0.2) is 30.3 Å². The molecule has 1 aromatic carbocycles. The second kappa shape index (κ2) is 8.99. The van der Waals surface area contributed by atoms with E-state index in [1.54, 1.807) is 6.92 Å². The Balaban J connectivity index is 2.20. The molecule has 0 spiro atoms. The van der Waals surface area contributed by atoms with Gasteiger partial charge in [0.05, 0.1) is 14.2 Å². The molecule has 4 heteroatoms. The van der Waals surface area contributed by atoms with Gasteiger partial charge < -0.3 is 10.1 Å². The third-order valence-electron chi connectivity index (χ3n) is 5.98. The molecule has 1 aliphatic heterocycles. The molecule has 0 aromatic heterocycles. The molecule has 0 radical (unpaired) electrons. The van der Waals surface area contributed by atoms with E-state index < -0.39 is 8.07 Å². The standard InChI is InChI=1S/C21H35NO2Si/c1-6-7-9-14-19-16(2)21(22-17(3)23)20(15-24-19)25(4,5)18-12-10-8-11-13-18/h8,10-13,16,19-21H,6-7,9,14-15H2,1-5H3,(H,22,23)/t16-,19+,20-,21-/m1/s1. The van der Waals surface area contributed by atoms with E-state index in [0.29, 0.717) is 11.5 Å². The molecule has 0 aliphatic carbocycles. The van der Waals surface area contributed by atoms with E-state index in [0.717, 1.165) is 13.0 Å². The van der Waals surface area contributed by atoms with E-state index in [1.807, 2.05) is 0 Å². The van der Waals surface area contributed by atoms with Crippen LogP contribution in [0.5, 0.6) is 0 Å². The summed E-state index contributed by atoms with van der Waals surface area (Å²) in [7, 11) is -1.76. The minimum absolute atomic E-state index is 0.0777. The third-order valence-corrected chi connectivity index (χ3v) is 10.2. The van der Waals surface area contributed by atoms with Crippen LogP contribution in [0, 0.1) is 5.92 Å². The monoisotopic (exact) mass is 361 g/mol. The summed E-state index contributed by atoms with van der Waals surface area (Å²) < 4.78 is 6.35. The molecular formula is C21H35NO2Si. The molecule has 0 saturated carbocycles. The zero-order valence-electron chi connectivity index (χ0n) is 16.5. The van der Waals surface area contributed by atoms with Gasteiger partial charge in [-0.05, 0) is 6.42 Å². The fourth-order valence-corrected chi connectivity index (χ4v) is 7.51. The highest BCUT2D eigenvalue weighted by Gasteiger charge is 2.46. The van der Waals surface area contributed by atoms with Crippen molar-refractivity contribution in [2.24, 2.45) is 5.92 Å². The third kappa shape index (κ3) is 4.95. The number of ether oxygens (including phenoxy) is 1. The Kier molecular flexibility index (Phi) is 7.26. The maximum absolute atomic E-state index is 11.9. The Morgan fingerprint density at radius 2 is 1.92 bits per heavy atom. The molecule has 1 N–H and O–H groups in total. The fourth-order valence-electron chi connectivity index (χ4n) is 4.23. The van der Waals surface area contributed by atoms with Crippen molar-refractivity contribution in [1.29, 1.82) is 0 Å². The minimum atomic E-state index is -1.76. The first kappa shape index (κ1) is 20.2. The first-order valence-corrected chi connectivity index (χ1v) is 12.9. The summed E-state index contributed by atoms with van der Waals surface area (Å²) in [5.41, 5.74) is 0.399. The zero-order valence-corrected chi connectivity index (χ0v) is 17.5. The number of rotatable bonds is 7. The molecule has 1 saturated heterocycles. The number of nitrogens with one attached hydrogen (secondary N) is 1. The molecule has 1 aliphatic rings. The summed E-state index contributed by atoms with van der Waals surface area (Å²) in [6.07, 6.45) is 5.06. The quantitative estimate of drug-likeness (QED) is 0.587. The molecule has 4 atom stereocenters. The topological polar surface area (TPSA) is 38.3 Å². The van der Waals surface area contributed by atoms with E-state index in [2.05, 4.69) is 62.6 Å². The largest absolute Gasteiger partial charge is 0.378 e. The highest BCUT2D eigenvalue weighted by atomic mass is 28.3. The predicted octanol–water partition coefficient (Wildman–Crippen LogP) is 4.09. The molecule has 1 amide bonds. The Morgan fingerprint density at radius 1 is 1.24 bits per heavy atom. The number of amides is 1. The van der Waals surface area contributed by atoms with Crippen molar-refractivity contribution in [2.45, 2.75) is 77.2 Å². The lowest BCUT2D eigenvalue weighted by atomic mass is 9.87. The number of hydrogen-bond acceptors (Lipinski definition) is 2. The summed E-state index contributed by atoms with van der Waals surface area (Å²) in [5.74, 6) is 0.434. The predicted molar refractivity (Wildman–Crippen MR) is 108 cm³/mol. The molecule has 140 valence electrons. The summed E-state index contributed by atoms with van der Waals surface area (Å²) in [5, 5.41) is 4.73. The average Bonchev–Trinajstić information content (AvgIpc) is 2.58. The maximum Gasteiger partial charge on any atom is 0.217 e. The van der Waals surface area contributed by atoms with Crippen molar-refractivity contribution >= 4 is 19.2 Å². The van der Waals surface area contributed by atoms with E-state index >= 15 is 0 Å². The highest BCUT2D eigenvalue weighted by molar-refractivity contribution is 6.91. The lowest BCUT2D eigenvalue weighted by Gasteiger charge is -2.47. The summed E-state index contributed by atoms with van der Waals surface area (Å²) in [6, 6.07) is 11.0. The van der Waals surface area contributed by atoms with Crippen LogP contribution in [0.4, 0.5) is 0 Å². The molecular weight excluding hydrogens is 326 g/mol. The molecule has 3 nitrogen and oxygen atoms in total. The van der Waals surface area contributed by atoms with Gasteiger partial charge in [0.1, 0.15) is 0 Å². The van der Waals surface area contributed by atoms with Crippen LogP contribution in [-0.4, -0.2) is 32.7 Å². The van der Waals surface area contributed by atoms with Crippen LogP contribution in [0.25, 0.3) is 0 Å². The second-order valence-electron chi connectivity index (χ2n) is 8.15. The maximum atomic E-state index is 11.9. The van der Waals surface area contributed by atoms with Crippen molar-refractivity contribution in [2.75, 3.05) is 6.61 Å². The Morgan fingerprint density at radius 3 is 2.52 bits per heavy atom. The van der Waals surface area contributed by atoms with Gasteiger partial charge in [-0.1, -0.05) is 81.7 Å². The minimum Gasteiger partial charge on any atom is -0.378 e. The van der Waals surface area contributed by atoms with E-state index in [-0.39, 0.29) is 18.1 Å². The van der Waals surface area contributed by atoms with Gasteiger partial charge >= 0.3 is 0 Å². The van der Waals surface area contributed by atoms with Crippen LogP contribution in [0.3, 0.4) is 0 Å². The number of hydrogen-bond donors (Lipinski definition) is 1. The molecule has 1 aromatic rings. The van der Waals surface area contributed by atoms with Crippen molar-refractivity contribution < 1.29 is 9.53 Å². The van der Waals surface area contributed by atoms with Gasteiger partial charge in [-0.3, -0.25) is 4.79 Å². The summed E-state index contributed by atoms with van der Waals surface area (Å²) in [6.45, 7) is 11.7. The normalized spacial score (nSPS) is 27.1. The summed E-state index contributed by atoms with van der Waals surface area (Å²) >= 11 is 0. The molecule has 25 heavy (non-hydrogen) atoms. The second-order valence-corrected chi connectivity index (χ2v) is 12.9. The average molecular weight is 362 g/mol. The number of carbonyl (C=O) groups is 1. The molecule has 1 heterocycles. The van der Waals surface area contributed by atoms with Gasteiger partial charge in [0.2, 0.25) is 5.91 Å². The molecule has 1 fully saturated rings. The first-order valence-electron chi connectivity index (χ1n) is 9.82. The molecule has 2 rings (SSSR count). The van der Waals surface area contributed by atoms with E-state index in [9.17, 15) is 4.79 Å². The van der Waals surface area contributed by atoms with Crippen molar-refractivity contribution in [3.05, 3.63) is 30.3 Å². The first-order chi connectivity index (χ1) is 11.9. The van der Waals surface area contributed by atoms with Crippen LogP contribution in [0.2, 0.25) is 18.6 Å². The van der Waals surface area contributed by atoms with Gasteiger partial charge in [0.25, 0.3) is 0 Å². The summed E-state index contributed by atoms with van der Waals surface area (Å²) in [4.78, 5) is 11.9. The lowest BCUT2D eigenvalue weighted by Crippen LogP contribution is -2.61. The van der Waals surface area contributed by atoms with Crippen LogP contribution in [-0.2, 0) is 9.53 Å². The van der Waals surface area contributed by atoms with Gasteiger partial charge in [-0.15, -0.1) is 0 Å². The van der Waals surface area contributed by atoms with Gasteiger partial charge in [-0.25, -0.2) is 0 Å². The molecule has 0 bridgehead atoms. The number of carbonyl (C=O) groups excluding carboxylic acids is 1. The van der Waals surface area contributed by atoms with Gasteiger partial charge in [0.15, 0.2) is 0 Å². The SMILES string of the molecule is CCCCC[C@@H]1OC[C@@H]([Si](C)(C)c2ccccc2)[C@H](NC(C)=O)[C@@H]1C. The lowest BCUT2D eigenvalue weighted by molar-refractivity contribution is -0.122. The van der Waals surface area contributed by atoms with E-state index in [1.165, 1.54) is 24.4 Å². The fraction of sp³-hybridized carbons (Fsp3) is 0.667. The molecule has 0 unspecified atom stereocenters. The van der Waals surface area contributed by atoms with Crippen LogP contribution in [0.1, 0.15) is 46.5 Å². The van der Waals surface area contributed by atoms with Gasteiger partial charge in [0, 0.05) is 31.0 Å². The number of unbranched alkanes of at least 4 members (excludes halogenated alkanes) is 2. The Hall–Kier alpha value is -1.13. The zero-order chi connectivity index (χ0) is 18.4. The van der Waals surface area contributed by atoms with E-state index in [4.69, 9.17) is 4.74 Å². The van der Waals surface area contributed by atoms with Crippen LogP contribution < -0.4 is 10.5 Å². The highest BCUT2D eigenvalue weighted by Crippen LogP contribution is 2.37. The van der Waals surface area contributed by atoms with Crippen LogP contribution >= 0.6 is 0 Å². The van der Waals surface area contributed by atoms with Crippen molar-refractivity contribution in [3.63, 3.8) is 0 Å². The number of benzene rings is 1. The Labute approximate surface area is 154 Å². The van der Waals surface area contributed by atoms with Gasteiger partial charge in [-0.2, -0.15) is 0 Å². The Bertz CT molecular complexity index is 546. The smallest absolute Gasteiger partial charge is 0.217 e.